The second-order valence-corrected chi connectivity index (χ2v) is 7.54. The topological polar surface area (TPSA) is 48.1 Å². The molecule has 0 aliphatic carbocycles. The van der Waals surface area contributed by atoms with Crippen LogP contribution in [0.5, 0.6) is 0 Å². The Kier molecular flexibility index (Phi) is 4.60. The first-order chi connectivity index (χ1) is 13.0. The van der Waals surface area contributed by atoms with Gasteiger partial charge in [0.25, 0.3) is 0 Å². The number of urea groups is 1. The van der Waals surface area contributed by atoms with Crippen molar-refractivity contribution in [1.29, 1.82) is 0 Å². The molecule has 5 heteroatoms. The van der Waals surface area contributed by atoms with Crippen LogP contribution >= 0.6 is 0 Å². The van der Waals surface area contributed by atoms with Crippen LogP contribution < -0.4 is 5.32 Å². The lowest BCUT2D eigenvalue weighted by Crippen LogP contribution is -2.46. The number of amides is 2. The summed E-state index contributed by atoms with van der Waals surface area (Å²) in [5.41, 5.74) is 4.24. The number of halogens is 1. The Hall–Kier alpha value is -2.82. The number of para-hydroxylation sites is 1. The highest BCUT2D eigenvalue weighted by Crippen LogP contribution is 2.38. The van der Waals surface area contributed by atoms with Gasteiger partial charge < -0.3 is 15.2 Å². The Morgan fingerprint density at radius 2 is 1.96 bits per heavy atom. The van der Waals surface area contributed by atoms with E-state index in [-0.39, 0.29) is 17.9 Å². The van der Waals surface area contributed by atoms with Crippen molar-refractivity contribution >= 4 is 16.9 Å². The minimum Gasteiger partial charge on any atom is -0.356 e. The molecule has 2 N–H and O–H groups in total. The minimum absolute atomic E-state index is 0.0812. The van der Waals surface area contributed by atoms with E-state index in [1.165, 1.54) is 23.1 Å². The van der Waals surface area contributed by atoms with Crippen LogP contribution in [0.1, 0.15) is 36.7 Å². The molecule has 3 aromatic rings. The molecular formula is C22H24FN3O. The lowest BCUT2D eigenvalue weighted by atomic mass is 9.92. The molecule has 1 aliphatic rings. The summed E-state index contributed by atoms with van der Waals surface area (Å²) in [6.45, 7) is 5.40. The fraction of sp³-hybridized carbons (Fsp3) is 0.318. The van der Waals surface area contributed by atoms with E-state index in [0.29, 0.717) is 19.0 Å². The summed E-state index contributed by atoms with van der Waals surface area (Å²) in [4.78, 5) is 18.3. The number of nitrogens with one attached hydrogen (secondary N) is 2. The van der Waals surface area contributed by atoms with Gasteiger partial charge in [0.05, 0.1) is 6.04 Å². The molecule has 1 atom stereocenters. The van der Waals surface area contributed by atoms with Crippen LogP contribution in [0, 0.1) is 11.7 Å². The lowest BCUT2D eigenvalue weighted by Gasteiger charge is -2.36. The quantitative estimate of drug-likeness (QED) is 0.699. The number of nitrogens with zero attached hydrogens (tertiary/aromatic N) is 1. The Morgan fingerprint density at radius 3 is 2.70 bits per heavy atom. The van der Waals surface area contributed by atoms with Crippen LogP contribution in [-0.2, 0) is 6.42 Å². The van der Waals surface area contributed by atoms with Crippen molar-refractivity contribution in [2.75, 3.05) is 13.1 Å². The van der Waals surface area contributed by atoms with Crippen molar-refractivity contribution in [3.63, 3.8) is 0 Å². The number of benzene rings is 2. The number of carbonyl (C=O) groups excluding carboxylic acids is 1. The van der Waals surface area contributed by atoms with Crippen molar-refractivity contribution in [3.8, 4) is 0 Å². The first-order valence-corrected chi connectivity index (χ1v) is 9.44. The van der Waals surface area contributed by atoms with Crippen molar-refractivity contribution < 1.29 is 9.18 Å². The minimum atomic E-state index is -0.276. The second-order valence-electron chi connectivity index (χ2n) is 7.54. The highest BCUT2D eigenvalue weighted by Gasteiger charge is 2.34. The van der Waals surface area contributed by atoms with Gasteiger partial charge in [-0.1, -0.05) is 44.2 Å². The largest absolute Gasteiger partial charge is 0.356 e. The Labute approximate surface area is 158 Å². The summed E-state index contributed by atoms with van der Waals surface area (Å²) < 4.78 is 13.5. The number of fused-ring (bicyclic) bond motifs is 3. The van der Waals surface area contributed by atoms with Gasteiger partial charge in [0.1, 0.15) is 5.82 Å². The van der Waals surface area contributed by atoms with Crippen LogP contribution in [0.25, 0.3) is 10.9 Å². The third-order valence-corrected chi connectivity index (χ3v) is 5.14. The second kappa shape index (κ2) is 7.06. The monoisotopic (exact) mass is 365 g/mol. The summed E-state index contributed by atoms with van der Waals surface area (Å²) >= 11 is 0. The third-order valence-electron chi connectivity index (χ3n) is 5.14. The molecule has 0 saturated carbocycles. The smallest absolute Gasteiger partial charge is 0.318 e. The van der Waals surface area contributed by atoms with Crippen LogP contribution in [0.3, 0.4) is 0 Å². The number of aromatic nitrogens is 1. The van der Waals surface area contributed by atoms with Crippen molar-refractivity contribution in [1.82, 2.24) is 15.2 Å². The van der Waals surface area contributed by atoms with Gasteiger partial charge in [-0.2, -0.15) is 0 Å². The molecule has 1 aromatic heterocycles. The zero-order valence-electron chi connectivity index (χ0n) is 15.6. The van der Waals surface area contributed by atoms with Gasteiger partial charge in [-0.3, -0.25) is 0 Å². The zero-order valence-corrected chi connectivity index (χ0v) is 15.6. The summed E-state index contributed by atoms with van der Waals surface area (Å²) in [7, 11) is 0. The van der Waals surface area contributed by atoms with Gasteiger partial charge in [0.15, 0.2) is 0 Å². The average molecular weight is 365 g/mol. The molecular weight excluding hydrogens is 341 g/mol. The standard InChI is InChI=1S/C22H24FN3O/c1-14(2)13-24-22(27)26-12-11-18-17-5-3-4-6-19(17)25-20(18)21(26)15-7-9-16(23)10-8-15/h3-10,14,21,25H,11-13H2,1-2H3,(H,24,27). The molecule has 1 unspecified atom stereocenters. The lowest BCUT2D eigenvalue weighted by molar-refractivity contribution is 0.178. The van der Waals surface area contributed by atoms with Gasteiger partial charge in [-0.15, -0.1) is 0 Å². The Bertz CT molecular complexity index is 961. The molecule has 1 aliphatic heterocycles. The SMILES string of the molecule is CC(C)CNC(=O)N1CCc2c([nH]c3ccccc23)C1c1ccc(F)cc1. The number of hydrogen-bond acceptors (Lipinski definition) is 1. The molecule has 4 nitrogen and oxygen atoms in total. The van der Waals surface area contributed by atoms with Crippen molar-refractivity contribution in [2.45, 2.75) is 26.3 Å². The predicted octanol–water partition coefficient (Wildman–Crippen LogP) is 4.62. The molecule has 0 saturated heterocycles. The van der Waals surface area contributed by atoms with E-state index < -0.39 is 0 Å². The van der Waals surface area contributed by atoms with Gasteiger partial charge in [-0.05, 0) is 41.7 Å². The van der Waals surface area contributed by atoms with E-state index in [9.17, 15) is 9.18 Å². The number of hydrogen-bond donors (Lipinski definition) is 2. The maximum absolute atomic E-state index is 13.5. The van der Waals surface area contributed by atoms with Crippen LogP contribution in [0.2, 0.25) is 0 Å². The van der Waals surface area contributed by atoms with E-state index >= 15 is 0 Å². The molecule has 0 radical (unpaired) electrons. The predicted molar refractivity (Wildman–Crippen MR) is 105 cm³/mol. The first-order valence-electron chi connectivity index (χ1n) is 9.44. The normalized spacial score (nSPS) is 16.6. The van der Waals surface area contributed by atoms with E-state index in [4.69, 9.17) is 0 Å². The summed E-state index contributed by atoms with van der Waals surface area (Å²) in [5, 5.41) is 4.22. The average Bonchev–Trinajstić information content (AvgIpc) is 3.05. The molecule has 0 spiro atoms. The van der Waals surface area contributed by atoms with Gasteiger partial charge in [0.2, 0.25) is 0 Å². The zero-order chi connectivity index (χ0) is 19.0. The van der Waals surface area contributed by atoms with E-state index in [2.05, 4.69) is 36.3 Å². The maximum atomic E-state index is 13.5. The Balaban J connectivity index is 1.78. The van der Waals surface area contributed by atoms with Gasteiger partial charge in [-0.25, -0.2) is 9.18 Å². The molecule has 2 heterocycles. The van der Waals surface area contributed by atoms with Gasteiger partial charge in [0, 0.05) is 29.7 Å². The van der Waals surface area contributed by atoms with Crippen LogP contribution in [-0.4, -0.2) is 29.0 Å². The molecule has 2 aromatic carbocycles. The van der Waals surface area contributed by atoms with Gasteiger partial charge >= 0.3 is 6.03 Å². The number of rotatable bonds is 3. The van der Waals surface area contributed by atoms with Crippen molar-refractivity contribution in [3.05, 3.63) is 71.2 Å². The van der Waals surface area contributed by atoms with E-state index in [1.807, 2.05) is 17.0 Å². The fourth-order valence-corrected chi connectivity index (χ4v) is 3.84. The molecule has 27 heavy (non-hydrogen) atoms. The summed E-state index contributed by atoms with van der Waals surface area (Å²) in [5.74, 6) is 0.105. The molecule has 140 valence electrons. The highest BCUT2D eigenvalue weighted by atomic mass is 19.1. The first kappa shape index (κ1) is 17.6. The Morgan fingerprint density at radius 1 is 1.22 bits per heavy atom. The summed E-state index contributed by atoms with van der Waals surface area (Å²) in [6, 6.07) is 14.3. The third kappa shape index (κ3) is 3.29. The number of carbonyl (C=O) groups is 1. The maximum Gasteiger partial charge on any atom is 0.318 e. The molecule has 4 rings (SSSR count). The fourth-order valence-electron chi connectivity index (χ4n) is 3.84. The molecule has 0 bridgehead atoms. The molecule has 2 amide bonds. The number of aromatic amines is 1. The van der Waals surface area contributed by atoms with Crippen LogP contribution in [0.15, 0.2) is 48.5 Å². The number of H-pyrrole nitrogens is 1. The van der Waals surface area contributed by atoms with Crippen molar-refractivity contribution in [2.24, 2.45) is 5.92 Å². The van der Waals surface area contributed by atoms with E-state index in [1.54, 1.807) is 12.1 Å². The summed E-state index contributed by atoms with van der Waals surface area (Å²) in [6.07, 6.45) is 0.798. The highest BCUT2D eigenvalue weighted by molar-refractivity contribution is 5.86. The van der Waals surface area contributed by atoms with E-state index in [0.717, 1.165) is 23.2 Å². The van der Waals surface area contributed by atoms with Crippen LogP contribution in [0.4, 0.5) is 9.18 Å². The molecule has 0 fully saturated rings.